The highest BCUT2D eigenvalue weighted by atomic mass is 35.5. The quantitative estimate of drug-likeness (QED) is 0.741. The van der Waals surface area contributed by atoms with Crippen LogP contribution in [0, 0.1) is 0 Å². The lowest BCUT2D eigenvalue weighted by Crippen LogP contribution is -2.34. The molecule has 0 aliphatic heterocycles. The summed E-state index contributed by atoms with van der Waals surface area (Å²) in [5.41, 5.74) is 0.617. The molecule has 0 aliphatic rings. The first-order valence-corrected chi connectivity index (χ1v) is 4.90. The van der Waals surface area contributed by atoms with E-state index >= 15 is 0 Å². The molecular weight excluding hydrogens is 200 g/mol. The molecule has 0 spiro atoms. The van der Waals surface area contributed by atoms with Gasteiger partial charge in [-0.05, 0) is 19.9 Å². The number of rotatable bonds is 2. The number of nitrogens with zero attached hydrogens (tertiary/aromatic N) is 2. The first-order valence-electron chi connectivity index (χ1n) is 4.52. The molecule has 0 bridgehead atoms. The minimum absolute atomic E-state index is 0.00519. The Morgan fingerprint density at radius 2 is 2.14 bits per heavy atom. The average molecular weight is 215 g/mol. The standard InChI is InChI=1S/C10H15ClN2O/c1-7(2)13(4)10(14)9-5-8(11)6-12(9)3/h5-7H,1-4H3. The molecule has 0 saturated carbocycles. The van der Waals surface area contributed by atoms with Crippen molar-refractivity contribution in [3.8, 4) is 0 Å². The summed E-state index contributed by atoms with van der Waals surface area (Å²) in [6.45, 7) is 3.95. The number of carbonyl (C=O) groups excluding carboxylic acids is 1. The maximum atomic E-state index is 11.9. The summed E-state index contributed by atoms with van der Waals surface area (Å²) in [6.07, 6.45) is 1.73. The summed E-state index contributed by atoms with van der Waals surface area (Å²) in [5, 5.41) is 0.591. The van der Waals surface area contributed by atoms with E-state index in [1.807, 2.05) is 20.9 Å². The van der Waals surface area contributed by atoms with Crippen molar-refractivity contribution in [3.05, 3.63) is 23.0 Å². The molecule has 78 valence electrons. The molecule has 14 heavy (non-hydrogen) atoms. The Labute approximate surface area is 89.3 Å². The van der Waals surface area contributed by atoms with Crippen LogP contribution in [0.1, 0.15) is 24.3 Å². The normalized spacial score (nSPS) is 10.7. The van der Waals surface area contributed by atoms with Crippen LogP contribution in [-0.4, -0.2) is 28.5 Å². The first-order chi connectivity index (χ1) is 6.43. The minimum atomic E-state index is -0.00519. The maximum Gasteiger partial charge on any atom is 0.270 e. The van der Waals surface area contributed by atoms with E-state index in [0.29, 0.717) is 10.7 Å². The largest absolute Gasteiger partial charge is 0.345 e. The van der Waals surface area contributed by atoms with E-state index in [9.17, 15) is 4.79 Å². The van der Waals surface area contributed by atoms with E-state index in [1.165, 1.54) is 0 Å². The van der Waals surface area contributed by atoms with Crippen molar-refractivity contribution in [1.29, 1.82) is 0 Å². The molecule has 0 saturated heterocycles. The number of halogens is 1. The fourth-order valence-corrected chi connectivity index (χ4v) is 1.40. The van der Waals surface area contributed by atoms with Gasteiger partial charge in [-0.1, -0.05) is 11.6 Å². The van der Waals surface area contributed by atoms with Gasteiger partial charge in [0.2, 0.25) is 0 Å². The average Bonchev–Trinajstić information content (AvgIpc) is 2.42. The van der Waals surface area contributed by atoms with E-state index in [2.05, 4.69) is 0 Å². The highest BCUT2D eigenvalue weighted by Gasteiger charge is 2.17. The predicted octanol–water partition coefficient (Wildman–Crippen LogP) is 2.16. The van der Waals surface area contributed by atoms with Gasteiger partial charge in [-0.3, -0.25) is 4.79 Å². The topological polar surface area (TPSA) is 25.2 Å². The molecule has 0 atom stereocenters. The van der Waals surface area contributed by atoms with Crippen LogP contribution in [0.4, 0.5) is 0 Å². The molecule has 0 fully saturated rings. The predicted molar refractivity (Wildman–Crippen MR) is 57.7 cm³/mol. The van der Waals surface area contributed by atoms with Crippen molar-refractivity contribution >= 4 is 17.5 Å². The second kappa shape index (κ2) is 4.05. The number of aromatic nitrogens is 1. The third-order valence-corrected chi connectivity index (χ3v) is 2.49. The summed E-state index contributed by atoms with van der Waals surface area (Å²) in [4.78, 5) is 13.6. The Kier molecular flexibility index (Phi) is 3.21. The van der Waals surface area contributed by atoms with Crippen LogP contribution in [0.5, 0.6) is 0 Å². The lowest BCUT2D eigenvalue weighted by molar-refractivity contribution is 0.0745. The zero-order chi connectivity index (χ0) is 10.9. The second-order valence-electron chi connectivity index (χ2n) is 3.66. The van der Waals surface area contributed by atoms with Crippen molar-refractivity contribution in [1.82, 2.24) is 9.47 Å². The molecule has 3 nitrogen and oxygen atoms in total. The van der Waals surface area contributed by atoms with Gasteiger partial charge in [-0.15, -0.1) is 0 Å². The SMILES string of the molecule is CC(C)N(C)C(=O)c1cc(Cl)cn1C. The summed E-state index contributed by atoms with van der Waals surface area (Å²) in [6, 6.07) is 1.87. The van der Waals surface area contributed by atoms with Gasteiger partial charge in [-0.2, -0.15) is 0 Å². The molecule has 1 aromatic heterocycles. The molecule has 1 heterocycles. The van der Waals surface area contributed by atoms with Crippen molar-refractivity contribution in [2.75, 3.05) is 7.05 Å². The third kappa shape index (κ3) is 2.10. The van der Waals surface area contributed by atoms with E-state index in [0.717, 1.165) is 0 Å². The first kappa shape index (κ1) is 11.1. The molecule has 1 rings (SSSR count). The van der Waals surface area contributed by atoms with E-state index in [4.69, 9.17) is 11.6 Å². The Bertz CT molecular complexity index is 344. The molecule has 0 N–H and O–H groups in total. The summed E-state index contributed by atoms with van der Waals surface area (Å²) < 4.78 is 1.74. The van der Waals surface area contributed by atoms with Gasteiger partial charge in [0, 0.05) is 26.3 Å². The summed E-state index contributed by atoms with van der Waals surface area (Å²) >= 11 is 5.80. The molecule has 1 amide bonds. The molecular formula is C10H15ClN2O. The van der Waals surface area contributed by atoms with Crippen molar-refractivity contribution in [2.45, 2.75) is 19.9 Å². The van der Waals surface area contributed by atoms with E-state index in [-0.39, 0.29) is 11.9 Å². The Balaban J connectivity index is 2.95. The Morgan fingerprint density at radius 3 is 2.50 bits per heavy atom. The lowest BCUT2D eigenvalue weighted by atomic mass is 10.3. The molecule has 0 unspecified atom stereocenters. The van der Waals surface area contributed by atoms with Gasteiger partial charge < -0.3 is 9.47 Å². The zero-order valence-corrected chi connectivity index (χ0v) is 9.67. The van der Waals surface area contributed by atoms with Crippen molar-refractivity contribution in [3.63, 3.8) is 0 Å². The number of hydrogen-bond donors (Lipinski definition) is 0. The van der Waals surface area contributed by atoms with Gasteiger partial charge >= 0.3 is 0 Å². The number of aryl methyl sites for hydroxylation is 1. The van der Waals surface area contributed by atoms with E-state index in [1.54, 1.807) is 28.8 Å². The maximum absolute atomic E-state index is 11.9. The highest BCUT2D eigenvalue weighted by Crippen LogP contribution is 2.14. The van der Waals surface area contributed by atoms with Crippen LogP contribution in [0.25, 0.3) is 0 Å². The van der Waals surface area contributed by atoms with Crippen molar-refractivity contribution in [2.24, 2.45) is 7.05 Å². The zero-order valence-electron chi connectivity index (χ0n) is 8.91. The second-order valence-corrected chi connectivity index (χ2v) is 4.10. The van der Waals surface area contributed by atoms with Crippen molar-refractivity contribution < 1.29 is 4.79 Å². The third-order valence-electron chi connectivity index (χ3n) is 2.29. The van der Waals surface area contributed by atoms with Crippen LogP contribution in [-0.2, 0) is 7.05 Å². The van der Waals surface area contributed by atoms with E-state index < -0.39 is 0 Å². The van der Waals surface area contributed by atoms with Crippen LogP contribution in [0.3, 0.4) is 0 Å². The number of hydrogen-bond acceptors (Lipinski definition) is 1. The van der Waals surface area contributed by atoms with Gasteiger partial charge in [0.15, 0.2) is 0 Å². The van der Waals surface area contributed by atoms with Gasteiger partial charge in [0.1, 0.15) is 5.69 Å². The van der Waals surface area contributed by atoms with Crippen LogP contribution >= 0.6 is 11.6 Å². The smallest absolute Gasteiger partial charge is 0.270 e. The molecule has 1 aromatic rings. The van der Waals surface area contributed by atoms with Gasteiger partial charge in [-0.25, -0.2) is 0 Å². The molecule has 0 aromatic carbocycles. The summed E-state index contributed by atoms with van der Waals surface area (Å²) in [7, 11) is 3.60. The highest BCUT2D eigenvalue weighted by molar-refractivity contribution is 6.31. The van der Waals surface area contributed by atoms with Crippen LogP contribution < -0.4 is 0 Å². The fourth-order valence-electron chi connectivity index (χ4n) is 1.15. The molecule has 0 radical (unpaired) electrons. The molecule has 4 heteroatoms. The van der Waals surface area contributed by atoms with Gasteiger partial charge in [0.25, 0.3) is 5.91 Å². The Morgan fingerprint density at radius 1 is 1.57 bits per heavy atom. The van der Waals surface area contributed by atoms with Gasteiger partial charge in [0.05, 0.1) is 5.02 Å². The number of amides is 1. The monoisotopic (exact) mass is 214 g/mol. The Hall–Kier alpha value is -0.960. The minimum Gasteiger partial charge on any atom is -0.345 e. The lowest BCUT2D eigenvalue weighted by Gasteiger charge is -2.21. The van der Waals surface area contributed by atoms with Crippen LogP contribution in [0.2, 0.25) is 5.02 Å². The summed E-state index contributed by atoms with van der Waals surface area (Å²) in [5.74, 6) is -0.00519. The molecule has 0 aliphatic carbocycles. The fraction of sp³-hybridized carbons (Fsp3) is 0.500. The van der Waals surface area contributed by atoms with Crippen LogP contribution in [0.15, 0.2) is 12.3 Å². The number of carbonyl (C=O) groups is 1.